The summed E-state index contributed by atoms with van der Waals surface area (Å²) >= 11 is 0. The molecule has 0 bridgehead atoms. The lowest BCUT2D eigenvalue weighted by Crippen LogP contribution is -1.63. The van der Waals surface area contributed by atoms with Crippen LogP contribution in [0.3, 0.4) is 0 Å². The van der Waals surface area contributed by atoms with E-state index in [9.17, 15) is 0 Å². The van der Waals surface area contributed by atoms with Crippen molar-refractivity contribution >= 4 is 47.9 Å². The lowest BCUT2D eigenvalue weighted by Gasteiger charge is -1.73. The van der Waals surface area contributed by atoms with Crippen molar-refractivity contribution in [3.8, 4) is 0 Å². The lowest BCUT2D eigenvalue weighted by atomic mass is 15.9. The zero-order chi connectivity index (χ0) is 3.58. The van der Waals surface area contributed by atoms with E-state index >= 15 is 0 Å². The summed E-state index contributed by atoms with van der Waals surface area (Å²) < 4.78 is 9.09. The second-order valence-corrected chi connectivity index (χ2v) is 2.71. The van der Waals surface area contributed by atoms with E-state index in [2.05, 4.69) is 21.4 Å². The molecule has 0 atom stereocenters. The van der Waals surface area contributed by atoms with Gasteiger partial charge in [0.25, 0.3) is 0 Å². The van der Waals surface area contributed by atoms with Crippen molar-refractivity contribution in [1.29, 1.82) is 0 Å². The van der Waals surface area contributed by atoms with E-state index in [1.807, 2.05) is 0 Å². The van der Waals surface area contributed by atoms with Crippen molar-refractivity contribution in [2.75, 3.05) is 0 Å². The Morgan fingerprint density at radius 2 is 1.40 bits per heavy atom. The highest BCUT2D eigenvalue weighted by atomic mass is 79.9. The van der Waals surface area contributed by atoms with Crippen LogP contribution in [0, 0.1) is 0 Å². The Kier molecular flexibility index (Phi) is 10.3. The molecule has 0 rings (SSSR count). The fourth-order valence-electron chi connectivity index (χ4n) is 0. The van der Waals surface area contributed by atoms with E-state index in [4.69, 9.17) is 4.55 Å². The molecular formula is HBrCl2OS. The van der Waals surface area contributed by atoms with Crippen LogP contribution < -0.4 is 0 Å². The lowest BCUT2D eigenvalue weighted by molar-refractivity contribution is 0.620. The van der Waals surface area contributed by atoms with Gasteiger partial charge >= 0.3 is 0 Å². The predicted octanol–water partition coefficient (Wildman–Crippen LogP) is 1.62. The average Bonchev–Trinajstić information content (AvgIpc) is 0.811. The standard InChI is InChI=1S/BrH.Cl2OS/c;1-4(2)3/h1H;. The maximum absolute atomic E-state index is 9.09. The van der Waals surface area contributed by atoms with Crippen LogP contribution in [0.25, 0.3) is 0 Å². The zero-order valence-electron chi connectivity index (χ0n) is 1.98. The molecule has 0 heterocycles. The van der Waals surface area contributed by atoms with Gasteiger partial charge in [0.15, 0.2) is 31.0 Å². The maximum Gasteiger partial charge on any atom is 0.198 e. The van der Waals surface area contributed by atoms with Gasteiger partial charge in [-0.25, -0.2) is 0 Å². The average molecular weight is 200 g/mol. The van der Waals surface area contributed by atoms with Crippen molar-refractivity contribution in [3.05, 3.63) is 0 Å². The summed E-state index contributed by atoms with van der Waals surface area (Å²) in [7, 11) is 7.36. The third-order valence-electron chi connectivity index (χ3n) is 0. The van der Waals surface area contributed by atoms with Crippen molar-refractivity contribution in [2.24, 2.45) is 0 Å². The van der Waals surface area contributed by atoms with Crippen LogP contribution in [0.1, 0.15) is 0 Å². The van der Waals surface area contributed by atoms with Gasteiger partial charge in [-0.1, -0.05) is 0 Å². The molecule has 1 nitrogen and oxygen atoms in total. The molecule has 34 valence electrons. The summed E-state index contributed by atoms with van der Waals surface area (Å²) in [6, 6.07) is 0. The molecule has 0 aliphatic heterocycles. The van der Waals surface area contributed by atoms with Gasteiger partial charge in [-0.3, -0.25) is 0 Å². The molecule has 0 spiro atoms. The van der Waals surface area contributed by atoms with Gasteiger partial charge in [0.1, 0.15) is 0 Å². The number of rotatable bonds is 0. The van der Waals surface area contributed by atoms with Crippen molar-refractivity contribution in [2.45, 2.75) is 0 Å². The van der Waals surface area contributed by atoms with Crippen LogP contribution in [-0.2, 0) is 9.60 Å². The Balaban J connectivity index is 0. The third-order valence-corrected chi connectivity index (χ3v) is 0. The minimum absolute atomic E-state index is 0. The first kappa shape index (κ1) is 9.62. The SMILES string of the molecule is Br.[O-][S+](Cl)Cl. The highest BCUT2D eigenvalue weighted by Gasteiger charge is 1.83. The van der Waals surface area contributed by atoms with Crippen molar-refractivity contribution in [3.63, 3.8) is 0 Å². The van der Waals surface area contributed by atoms with E-state index in [1.54, 1.807) is 0 Å². The summed E-state index contributed by atoms with van der Waals surface area (Å²) in [5, 5.41) is 0. The van der Waals surface area contributed by atoms with Crippen LogP contribution in [0.5, 0.6) is 0 Å². The van der Waals surface area contributed by atoms with Gasteiger partial charge in [0.05, 0.1) is 0 Å². The topological polar surface area (TPSA) is 23.1 Å². The van der Waals surface area contributed by atoms with Gasteiger partial charge in [0, 0.05) is 0 Å². The Labute approximate surface area is 52.6 Å². The molecule has 5 heavy (non-hydrogen) atoms. The molecule has 0 radical (unpaired) electrons. The largest absolute Gasteiger partial charge is 0.582 e. The fraction of sp³-hybridized carbons (Fsp3) is 0. The Morgan fingerprint density at radius 3 is 1.40 bits per heavy atom. The van der Waals surface area contributed by atoms with Crippen molar-refractivity contribution < 1.29 is 4.55 Å². The van der Waals surface area contributed by atoms with E-state index < -0.39 is 9.60 Å². The van der Waals surface area contributed by atoms with Crippen LogP contribution >= 0.6 is 38.3 Å². The summed E-state index contributed by atoms with van der Waals surface area (Å²) in [6.07, 6.45) is 0. The summed E-state index contributed by atoms with van der Waals surface area (Å²) in [5.41, 5.74) is 0. The molecule has 0 aliphatic rings. The minimum atomic E-state index is -1.67. The molecule has 0 aromatic rings. The summed E-state index contributed by atoms with van der Waals surface area (Å²) in [5.74, 6) is 0. The Bertz CT molecular complexity index is 14.4. The van der Waals surface area contributed by atoms with Gasteiger partial charge in [-0.05, 0) is 0 Å². The monoisotopic (exact) mass is 198 g/mol. The first-order valence-corrected chi connectivity index (χ1v) is 3.28. The minimum Gasteiger partial charge on any atom is -0.582 e. The van der Waals surface area contributed by atoms with E-state index in [-0.39, 0.29) is 17.0 Å². The molecular weight excluding hydrogens is 199 g/mol. The second kappa shape index (κ2) is 5.37. The smallest absolute Gasteiger partial charge is 0.198 e. The number of halogens is 3. The van der Waals surface area contributed by atoms with Gasteiger partial charge in [0.2, 0.25) is 0 Å². The van der Waals surface area contributed by atoms with Gasteiger partial charge in [-0.15, -0.1) is 17.0 Å². The number of hydrogen-bond acceptors (Lipinski definition) is 1. The van der Waals surface area contributed by atoms with E-state index in [1.165, 1.54) is 0 Å². The molecule has 0 aliphatic carbocycles. The first-order valence-electron chi connectivity index (χ1n) is 0.475. The molecule has 0 aromatic carbocycles. The molecule has 5 heteroatoms. The Morgan fingerprint density at radius 1 is 1.40 bits per heavy atom. The molecule has 0 saturated carbocycles. The second-order valence-electron chi connectivity index (χ2n) is 0.184. The fourth-order valence-corrected chi connectivity index (χ4v) is 0. The zero-order valence-corrected chi connectivity index (χ0v) is 6.02. The van der Waals surface area contributed by atoms with E-state index in [0.717, 1.165) is 0 Å². The summed E-state index contributed by atoms with van der Waals surface area (Å²) in [6.45, 7) is 0. The quantitative estimate of drug-likeness (QED) is 0.544. The molecule has 0 saturated heterocycles. The molecule has 0 amide bonds. The highest BCUT2D eigenvalue weighted by molar-refractivity contribution is 8.93. The van der Waals surface area contributed by atoms with Crippen LogP contribution in [0.15, 0.2) is 0 Å². The van der Waals surface area contributed by atoms with Crippen molar-refractivity contribution in [1.82, 2.24) is 0 Å². The highest BCUT2D eigenvalue weighted by Crippen LogP contribution is 1.98. The molecule has 0 aromatic heterocycles. The van der Waals surface area contributed by atoms with Crippen LogP contribution in [0.4, 0.5) is 0 Å². The Hall–Kier alpha value is 1.37. The maximum atomic E-state index is 9.09. The normalized spacial score (nSPS) is 7.20. The van der Waals surface area contributed by atoms with Crippen LogP contribution in [-0.4, -0.2) is 4.55 Å². The first-order chi connectivity index (χ1) is 1.73. The van der Waals surface area contributed by atoms with Gasteiger partial charge < -0.3 is 4.55 Å². The van der Waals surface area contributed by atoms with Crippen LogP contribution in [0.2, 0.25) is 0 Å². The van der Waals surface area contributed by atoms with Gasteiger partial charge in [-0.2, -0.15) is 0 Å². The summed E-state index contributed by atoms with van der Waals surface area (Å²) in [4.78, 5) is 0. The van der Waals surface area contributed by atoms with E-state index in [0.29, 0.717) is 0 Å². The third kappa shape index (κ3) is 32.5. The molecule has 0 unspecified atom stereocenters. The molecule has 0 N–H and O–H groups in total. The number of hydrogen-bond donors (Lipinski definition) is 0. The predicted molar refractivity (Wildman–Crippen MR) is 30.2 cm³/mol. The molecule has 0 fully saturated rings.